The van der Waals surface area contributed by atoms with Crippen molar-refractivity contribution < 1.29 is 4.79 Å². The fourth-order valence-corrected chi connectivity index (χ4v) is 3.49. The van der Waals surface area contributed by atoms with Gasteiger partial charge in [-0.2, -0.15) is 5.10 Å². The van der Waals surface area contributed by atoms with Crippen molar-refractivity contribution in [2.24, 2.45) is 0 Å². The number of nitrogens with zero attached hydrogens (tertiary/aromatic N) is 2. The summed E-state index contributed by atoms with van der Waals surface area (Å²) in [5.41, 5.74) is 1.84. The number of rotatable bonds is 2. The Hall–Kier alpha value is -2.44. The molecular weight excluding hydrogens is 326 g/mol. The van der Waals surface area contributed by atoms with Crippen LogP contribution in [0.3, 0.4) is 0 Å². The van der Waals surface area contributed by atoms with Gasteiger partial charge in [0, 0.05) is 11.8 Å². The topological polar surface area (TPSA) is 46.9 Å². The molecule has 0 unspecified atom stereocenters. The zero-order chi connectivity index (χ0) is 15.8. The van der Waals surface area contributed by atoms with Crippen molar-refractivity contribution in [1.29, 1.82) is 0 Å². The molecule has 1 saturated heterocycles. The molecule has 1 aliphatic rings. The van der Waals surface area contributed by atoms with E-state index in [9.17, 15) is 4.79 Å². The van der Waals surface area contributed by atoms with Crippen LogP contribution in [0.1, 0.15) is 5.56 Å². The Morgan fingerprint density at radius 1 is 1.17 bits per heavy atom. The summed E-state index contributed by atoms with van der Waals surface area (Å²) in [6.07, 6.45) is 5.42. The number of benzene rings is 2. The van der Waals surface area contributed by atoms with Gasteiger partial charge in [0.2, 0.25) is 0 Å². The first kappa shape index (κ1) is 14.2. The van der Waals surface area contributed by atoms with Crippen molar-refractivity contribution in [3.05, 3.63) is 65.3 Å². The number of hydrogen-bond acceptors (Lipinski definition) is 4. The normalized spacial score (nSPS) is 16.3. The zero-order valence-electron chi connectivity index (χ0n) is 11.9. The lowest BCUT2D eigenvalue weighted by Crippen LogP contribution is -2.17. The number of carbonyl (C=O) groups is 1. The number of carbonyl (C=O) groups excluding carboxylic acids is 1. The van der Waals surface area contributed by atoms with Gasteiger partial charge in [0.15, 0.2) is 0 Å². The molecule has 3 aromatic rings. The molecule has 2 heterocycles. The van der Waals surface area contributed by atoms with E-state index in [1.807, 2.05) is 24.4 Å². The molecule has 1 fully saturated rings. The summed E-state index contributed by atoms with van der Waals surface area (Å²) in [5, 5.41) is 9.34. The molecule has 1 aromatic heterocycles. The van der Waals surface area contributed by atoms with Gasteiger partial charge >= 0.3 is 0 Å². The van der Waals surface area contributed by atoms with Crippen molar-refractivity contribution in [3.8, 4) is 5.69 Å². The number of nitrogens with one attached hydrogen (secondary N) is 1. The molecule has 0 bridgehead atoms. The Morgan fingerprint density at radius 3 is 2.78 bits per heavy atom. The van der Waals surface area contributed by atoms with Crippen LogP contribution in [0.15, 0.2) is 59.8 Å². The molecule has 0 aliphatic carbocycles. The van der Waals surface area contributed by atoms with Crippen LogP contribution in [0.5, 0.6) is 0 Å². The van der Waals surface area contributed by atoms with Gasteiger partial charge in [-0.3, -0.25) is 4.79 Å². The smallest absolute Gasteiger partial charge is 0.263 e. The molecule has 0 radical (unpaired) electrons. The molecule has 1 N–H and O–H groups in total. The maximum atomic E-state index is 11.7. The number of amides is 1. The monoisotopic (exact) mass is 337 g/mol. The standard InChI is InChI=1S/C17H11N3OS2/c21-16-15(23-17(22)19-16)7-11-9-18-20(10-11)14-6-5-12-3-1-2-4-13(12)8-14/h1-10H,(H,19,21,22)/b15-7-. The Kier molecular flexibility index (Phi) is 3.48. The Labute approximate surface area is 142 Å². The summed E-state index contributed by atoms with van der Waals surface area (Å²) in [6.45, 7) is 0. The lowest BCUT2D eigenvalue weighted by Gasteiger charge is -2.03. The van der Waals surface area contributed by atoms with Crippen molar-refractivity contribution in [2.45, 2.75) is 0 Å². The minimum atomic E-state index is -0.154. The van der Waals surface area contributed by atoms with Gasteiger partial charge in [-0.1, -0.05) is 54.3 Å². The second-order valence-corrected chi connectivity index (χ2v) is 6.82. The van der Waals surface area contributed by atoms with E-state index < -0.39 is 0 Å². The highest BCUT2D eigenvalue weighted by Gasteiger charge is 2.22. The molecule has 1 aliphatic heterocycles. The van der Waals surface area contributed by atoms with E-state index in [2.05, 4.69) is 34.7 Å². The number of hydrogen-bond donors (Lipinski definition) is 1. The summed E-state index contributed by atoms with van der Waals surface area (Å²) in [5.74, 6) is -0.154. The third kappa shape index (κ3) is 2.78. The summed E-state index contributed by atoms with van der Waals surface area (Å²) in [6, 6.07) is 14.4. The second kappa shape index (κ2) is 5.64. The van der Waals surface area contributed by atoms with Crippen molar-refractivity contribution in [3.63, 3.8) is 0 Å². The third-order valence-corrected chi connectivity index (χ3v) is 4.70. The fourth-order valence-electron chi connectivity index (χ4n) is 2.44. The van der Waals surface area contributed by atoms with E-state index >= 15 is 0 Å². The summed E-state index contributed by atoms with van der Waals surface area (Å²) < 4.78 is 2.29. The van der Waals surface area contributed by atoms with Crippen LogP contribution in [-0.2, 0) is 4.79 Å². The summed E-state index contributed by atoms with van der Waals surface area (Å²) in [7, 11) is 0. The van der Waals surface area contributed by atoms with Gasteiger partial charge in [-0.25, -0.2) is 4.68 Å². The summed E-state index contributed by atoms with van der Waals surface area (Å²) >= 11 is 6.26. The Morgan fingerprint density at radius 2 is 2.00 bits per heavy atom. The fraction of sp³-hybridized carbons (Fsp3) is 0. The minimum Gasteiger partial charge on any atom is -0.307 e. The van der Waals surface area contributed by atoms with Crippen LogP contribution in [0.25, 0.3) is 22.5 Å². The first-order chi connectivity index (χ1) is 11.2. The van der Waals surface area contributed by atoms with E-state index in [1.165, 1.54) is 17.1 Å². The van der Waals surface area contributed by atoms with Crippen LogP contribution in [-0.4, -0.2) is 20.0 Å². The highest BCUT2D eigenvalue weighted by atomic mass is 32.2. The number of thiocarbonyl (C=S) groups is 1. The molecule has 4 rings (SSSR count). The zero-order valence-corrected chi connectivity index (χ0v) is 13.5. The maximum Gasteiger partial charge on any atom is 0.263 e. The predicted molar refractivity (Wildman–Crippen MR) is 97.4 cm³/mol. The van der Waals surface area contributed by atoms with Gasteiger partial charge in [-0.05, 0) is 29.0 Å². The van der Waals surface area contributed by atoms with Crippen LogP contribution >= 0.6 is 24.0 Å². The lowest BCUT2D eigenvalue weighted by molar-refractivity contribution is -0.115. The number of fused-ring (bicyclic) bond motifs is 1. The number of thioether (sulfide) groups is 1. The van der Waals surface area contributed by atoms with Crippen LogP contribution in [0.2, 0.25) is 0 Å². The van der Waals surface area contributed by atoms with Gasteiger partial charge < -0.3 is 5.32 Å². The second-order valence-electron chi connectivity index (χ2n) is 5.10. The predicted octanol–water partition coefficient (Wildman–Crippen LogP) is 3.51. The lowest BCUT2D eigenvalue weighted by atomic mass is 10.1. The van der Waals surface area contributed by atoms with Crippen molar-refractivity contribution in [2.75, 3.05) is 0 Å². The van der Waals surface area contributed by atoms with E-state index in [0.717, 1.165) is 16.6 Å². The largest absolute Gasteiger partial charge is 0.307 e. The molecule has 4 nitrogen and oxygen atoms in total. The molecule has 0 saturated carbocycles. The molecule has 6 heteroatoms. The van der Waals surface area contributed by atoms with Crippen LogP contribution in [0, 0.1) is 0 Å². The number of aromatic nitrogens is 2. The minimum absolute atomic E-state index is 0.154. The molecular formula is C17H11N3OS2. The van der Waals surface area contributed by atoms with Gasteiger partial charge in [0.05, 0.1) is 16.8 Å². The Bertz CT molecular complexity index is 975. The first-order valence-electron chi connectivity index (χ1n) is 6.98. The van der Waals surface area contributed by atoms with E-state index in [1.54, 1.807) is 17.0 Å². The highest BCUT2D eigenvalue weighted by Crippen LogP contribution is 2.26. The summed E-state index contributed by atoms with van der Waals surface area (Å²) in [4.78, 5) is 12.3. The molecule has 2 aromatic carbocycles. The van der Waals surface area contributed by atoms with Crippen LogP contribution in [0.4, 0.5) is 0 Å². The van der Waals surface area contributed by atoms with E-state index in [4.69, 9.17) is 12.2 Å². The van der Waals surface area contributed by atoms with Gasteiger partial charge in [-0.15, -0.1) is 0 Å². The third-order valence-electron chi connectivity index (χ3n) is 3.54. The first-order valence-corrected chi connectivity index (χ1v) is 8.20. The molecule has 112 valence electrons. The quantitative estimate of drug-likeness (QED) is 0.574. The highest BCUT2D eigenvalue weighted by molar-refractivity contribution is 8.26. The van der Waals surface area contributed by atoms with Crippen molar-refractivity contribution in [1.82, 2.24) is 15.1 Å². The molecule has 0 spiro atoms. The molecule has 1 amide bonds. The van der Waals surface area contributed by atoms with Gasteiger partial charge in [0.25, 0.3) is 5.91 Å². The molecule has 0 atom stereocenters. The maximum absolute atomic E-state index is 11.7. The van der Waals surface area contributed by atoms with Gasteiger partial charge in [0.1, 0.15) is 4.32 Å². The average Bonchev–Trinajstić information content (AvgIpc) is 3.14. The molecule has 23 heavy (non-hydrogen) atoms. The average molecular weight is 337 g/mol. The Balaban J connectivity index is 1.68. The van der Waals surface area contributed by atoms with E-state index in [-0.39, 0.29) is 5.91 Å². The van der Waals surface area contributed by atoms with Crippen LogP contribution < -0.4 is 5.32 Å². The van der Waals surface area contributed by atoms with E-state index in [0.29, 0.717) is 9.23 Å². The van der Waals surface area contributed by atoms with Crippen molar-refractivity contribution >= 4 is 51.1 Å². The SMILES string of the molecule is O=C1NC(=S)S/C1=C\c1cnn(-c2ccc3ccccc3c2)c1.